The molecule has 0 spiro atoms. The quantitative estimate of drug-likeness (QED) is 0.737. The summed E-state index contributed by atoms with van der Waals surface area (Å²) in [5.74, 6) is 0.877. The molecular weight excluding hydrogens is 220 g/mol. The molecule has 0 saturated carbocycles. The first-order chi connectivity index (χ1) is 7.51. The minimum absolute atomic E-state index is 0.194. The summed E-state index contributed by atoms with van der Waals surface area (Å²) < 4.78 is 16.5. The van der Waals surface area contributed by atoms with E-state index in [0.717, 1.165) is 10.9 Å². The molecule has 0 aliphatic rings. The van der Waals surface area contributed by atoms with Crippen LogP contribution in [0.4, 0.5) is 0 Å². The lowest BCUT2D eigenvalue weighted by Crippen LogP contribution is -2.49. The van der Waals surface area contributed by atoms with Gasteiger partial charge in [0.15, 0.2) is 0 Å². The molecule has 3 nitrogen and oxygen atoms in total. The molecule has 0 bridgehead atoms. The summed E-state index contributed by atoms with van der Waals surface area (Å²) in [7, 11) is 1.19. The van der Waals surface area contributed by atoms with Crippen LogP contribution in [0.3, 0.4) is 0 Å². The zero-order valence-corrected chi connectivity index (χ0v) is 11.6. The van der Waals surface area contributed by atoms with Crippen LogP contribution in [0, 0.1) is 0 Å². The molecule has 0 N–H and O–H groups in total. The van der Waals surface area contributed by atoms with E-state index in [2.05, 4.69) is 0 Å². The van der Waals surface area contributed by atoms with E-state index >= 15 is 0 Å². The van der Waals surface area contributed by atoms with Crippen molar-refractivity contribution < 1.29 is 13.6 Å². The van der Waals surface area contributed by atoms with Crippen molar-refractivity contribution in [1.29, 1.82) is 0 Å². The van der Waals surface area contributed by atoms with Gasteiger partial charge in [-0.05, 0) is 37.7 Å². The Morgan fingerprint density at radius 1 is 1.00 bits per heavy atom. The van der Waals surface area contributed by atoms with Gasteiger partial charge in [0.1, 0.15) is 5.75 Å². The summed E-state index contributed by atoms with van der Waals surface area (Å²) >= 11 is 0. The van der Waals surface area contributed by atoms with E-state index in [1.54, 1.807) is 14.2 Å². The Labute approximate surface area is 98.6 Å². The van der Waals surface area contributed by atoms with Crippen molar-refractivity contribution in [2.45, 2.75) is 26.5 Å². The van der Waals surface area contributed by atoms with Gasteiger partial charge in [0.25, 0.3) is 0 Å². The zero-order chi connectivity index (χ0) is 12.2. The fourth-order valence-electron chi connectivity index (χ4n) is 1.43. The molecule has 0 saturated heterocycles. The van der Waals surface area contributed by atoms with Crippen LogP contribution in [-0.4, -0.2) is 28.9 Å². The first-order valence-corrected chi connectivity index (χ1v) is 7.71. The highest BCUT2D eigenvalue weighted by molar-refractivity contribution is 6.79. The molecule has 1 rings (SSSR count). The molecule has 1 aromatic carbocycles. The molecule has 16 heavy (non-hydrogen) atoms. The van der Waals surface area contributed by atoms with Gasteiger partial charge in [0, 0.05) is 14.2 Å². The Morgan fingerprint density at radius 3 is 1.88 bits per heavy atom. The van der Waals surface area contributed by atoms with Crippen molar-refractivity contribution in [2.24, 2.45) is 0 Å². The van der Waals surface area contributed by atoms with Crippen molar-refractivity contribution in [3.63, 3.8) is 0 Å². The maximum absolute atomic E-state index is 5.58. The summed E-state index contributed by atoms with van der Waals surface area (Å²) in [6.07, 6.45) is 0.194. The van der Waals surface area contributed by atoms with Crippen molar-refractivity contribution in [1.82, 2.24) is 0 Å². The maximum atomic E-state index is 5.58. The van der Waals surface area contributed by atoms with E-state index < -0.39 is 8.56 Å². The summed E-state index contributed by atoms with van der Waals surface area (Å²) in [5, 5.41) is 1.11. The Balaban J connectivity index is 2.85. The summed E-state index contributed by atoms with van der Waals surface area (Å²) in [6.45, 7) is 6.04. The van der Waals surface area contributed by atoms with Crippen LogP contribution in [0.5, 0.6) is 5.75 Å². The smallest absolute Gasteiger partial charge is 0.368 e. The van der Waals surface area contributed by atoms with Crippen molar-refractivity contribution in [3.05, 3.63) is 24.3 Å². The number of benzene rings is 1. The Kier molecular flexibility index (Phi) is 4.52. The summed E-state index contributed by atoms with van der Waals surface area (Å²) in [5.41, 5.74) is 0. The second-order valence-electron chi connectivity index (χ2n) is 4.04. The van der Waals surface area contributed by atoms with Gasteiger partial charge < -0.3 is 13.6 Å². The molecule has 0 aliphatic heterocycles. The van der Waals surface area contributed by atoms with Gasteiger partial charge in [-0.1, -0.05) is 12.1 Å². The molecule has 0 heterocycles. The minimum atomic E-state index is -2.19. The molecular formula is C12H20O3Si. The zero-order valence-electron chi connectivity index (χ0n) is 10.6. The average Bonchev–Trinajstić information content (AvgIpc) is 2.28. The summed E-state index contributed by atoms with van der Waals surface area (Å²) in [6, 6.07) is 7.94. The molecule has 0 unspecified atom stereocenters. The molecule has 90 valence electrons. The van der Waals surface area contributed by atoms with E-state index in [1.165, 1.54) is 0 Å². The Bertz CT molecular complexity index is 318. The monoisotopic (exact) mass is 240 g/mol. The van der Waals surface area contributed by atoms with E-state index in [0.29, 0.717) is 0 Å². The third-order valence-corrected chi connectivity index (χ3v) is 5.47. The molecule has 1 aromatic rings. The number of rotatable bonds is 5. The van der Waals surface area contributed by atoms with E-state index in [-0.39, 0.29) is 6.10 Å². The number of hydrogen-bond donors (Lipinski definition) is 0. The lowest BCUT2D eigenvalue weighted by molar-refractivity contribution is 0.242. The fraction of sp³-hybridized carbons (Fsp3) is 0.500. The van der Waals surface area contributed by atoms with Gasteiger partial charge in [-0.15, -0.1) is 0 Å². The van der Waals surface area contributed by atoms with Gasteiger partial charge in [-0.2, -0.15) is 0 Å². The Morgan fingerprint density at radius 2 is 1.50 bits per heavy atom. The fourth-order valence-corrected chi connectivity index (χ4v) is 2.84. The van der Waals surface area contributed by atoms with E-state index in [9.17, 15) is 0 Å². The number of hydrogen-bond acceptors (Lipinski definition) is 3. The molecule has 0 amide bonds. The van der Waals surface area contributed by atoms with E-state index in [1.807, 2.05) is 44.7 Å². The van der Waals surface area contributed by atoms with Crippen LogP contribution in [0.1, 0.15) is 13.8 Å². The predicted octanol–water partition coefficient (Wildman–Crippen LogP) is 2.05. The second-order valence-corrected chi connectivity index (χ2v) is 7.33. The molecule has 0 atom stereocenters. The third-order valence-electron chi connectivity index (χ3n) is 2.53. The van der Waals surface area contributed by atoms with Crippen LogP contribution < -0.4 is 9.92 Å². The van der Waals surface area contributed by atoms with Crippen molar-refractivity contribution in [2.75, 3.05) is 14.2 Å². The highest BCUT2D eigenvalue weighted by atomic mass is 28.4. The standard InChI is InChI=1S/C12H20O3Si/c1-10(2)15-11-6-8-12(9-7-11)16(5,13-3)14-4/h6-10H,1-5H3. The first kappa shape index (κ1) is 13.2. The van der Waals surface area contributed by atoms with Gasteiger partial charge in [0.05, 0.1) is 6.10 Å². The van der Waals surface area contributed by atoms with Crippen LogP contribution in [0.15, 0.2) is 24.3 Å². The normalized spacial score (nSPS) is 11.9. The van der Waals surface area contributed by atoms with Crippen LogP contribution in [0.2, 0.25) is 6.55 Å². The molecule has 0 fully saturated rings. The van der Waals surface area contributed by atoms with Crippen molar-refractivity contribution in [3.8, 4) is 5.75 Å². The van der Waals surface area contributed by atoms with Crippen LogP contribution in [0.25, 0.3) is 0 Å². The predicted molar refractivity (Wildman–Crippen MR) is 67.5 cm³/mol. The van der Waals surface area contributed by atoms with Crippen molar-refractivity contribution >= 4 is 13.7 Å². The third kappa shape index (κ3) is 3.07. The molecule has 4 heteroatoms. The molecule has 0 aromatic heterocycles. The highest BCUT2D eigenvalue weighted by Crippen LogP contribution is 2.13. The Hall–Kier alpha value is -0.843. The molecule has 0 aliphatic carbocycles. The molecule has 0 radical (unpaired) electrons. The van der Waals surface area contributed by atoms with Crippen LogP contribution in [-0.2, 0) is 8.85 Å². The van der Waals surface area contributed by atoms with Gasteiger partial charge in [-0.25, -0.2) is 0 Å². The number of ether oxygens (including phenoxy) is 1. The van der Waals surface area contributed by atoms with E-state index in [4.69, 9.17) is 13.6 Å². The van der Waals surface area contributed by atoms with Gasteiger partial charge in [-0.3, -0.25) is 0 Å². The second kappa shape index (κ2) is 5.47. The van der Waals surface area contributed by atoms with Gasteiger partial charge >= 0.3 is 8.56 Å². The highest BCUT2D eigenvalue weighted by Gasteiger charge is 2.31. The average molecular weight is 240 g/mol. The topological polar surface area (TPSA) is 27.7 Å². The minimum Gasteiger partial charge on any atom is -0.491 e. The summed E-state index contributed by atoms with van der Waals surface area (Å²) in [4.78, 5) is 0. The lowest BCUT2D eigenvalue weighted by atomic mass is 10.3. The largest absolute Gasteiger partial charge is 0.491 e. The lowest BCUT2D eigenvalue weighted by Gasteiger charge is -2.23. The van der Waals surface area contributed by atoms with Crippen LogP contribution >= 0.6 is 0 Å². The van der Waals surface area contributed by atoms with Gasteiger partial charge in [0.2, 0.25) is 0 Å². The maximum Gasteiger partial charge on any atom is 0.368 e. The first-order valence-electron chi connectivity index (χ1n) is 5.39. The SMILES string of the molecule is CO[Si](C)(OC)c1ccc(OC(C)C)cc1.